The number of ether oxygens (including phenoxy) is 1. The molecule has 0 amide bonds. The molecular formula is C12H14N2O. The average molecular weight is 202 g/mol. The minimum atomic E-state index is 0.489. The van der Waals surface area contributed by atoms with E-state index in [0.717, 1.165) is 16.7 Å². The van der Waals surface area contributed by atoms with Gasteiger partial charge in [0, 0.05) is 11.5 Å². The van der Waals surface area contributed by atoms with Crippen LogP contribution in [0.5, 0.6) is 5.75 Å². The maximum Gasteiger partial charge on any atom is 0.131 e. The maximum atomic E-state index is 5.70. The third-order valence-electron chi connectivity index (χ3n) is 2.63. The second kappa shape index (κ2) is 3.42. The van der Waals surface area contributed by atoms with E-state index in [4.69, 9.17) is 10.5 Å². The number of nitrogen functional groups attached to an aromatic ring is 1. The van der Waals surface area contributed by atoms with Gasteiger partial charge in [-0.25, -0.2) is 4.98 Å². The van der Waals surface area contributed by atoms with Crippen LogP contribution in [-0.2, 0) is 0 Å². The van der Waals surface area contributed by atoms with Crippen molar-refractivity contribution in [2.24, 2.45) is 0 Å². The van der Waals surface area contributed by atoms with Crippen molar-refractivity contribution in [1.29, 1.82) is 0 Å². The van der Waals surface area contributed by atoms with E-state index in [1.807, 2.05) is 6.07 Å². The average Bonchev–Trinajstić information content (AvgIpc) is 2.19. The number of nitrogens with zero attached hydrogens (tertiary/aromatic N) is 1. The Hall–Kier alpha value is -1.77. The third kappa shape index (κ3) is 1.61. The van der Waals surface area contributed by atoms with Crippen LogP contribution in [0.3, 0.4) is 0 Å². The number of aryl methyl sites for hydroxylation is 2. The van der Waals surface area contributed by atoms with Crippen molar-refractivity contribution in [3.8, 4) is 5.75 Å². The minimum absolute atomic E-state index is 0.489. The summed E-state index contributed by atoms with van der Waals surface area (Å²) in [5.41, 5.74) is 9.02. The number of nitrogens with two attached hydrogens (primary N) is 1. The number of benzene rings is 1. The largest absolute Gasteiger partial charge is 0.496 e. The Bertz CT molecular complexity index is 521. The summed E-state index contributed by atoms with van der Waals surface area (Å²) in [6.45, 7) is 4.14. The molecule has 1 aromatic carbocycles. The number of methoxy groups -OCH3 is 1. The van der Waals surface area contributed by atoms with E-state index in [1.165, 1.54) is 11.1 Å². The summed E-state index contributed by atoms with van der Waals surface area (Å²) in [5, 5.41) is 1.01. The Morgan fingerprint density at radius 1 is 1.13 bits per heavy atom. The molecular weight excluding hydrogens is 188 g/mol. The monoisotopic (exact) mass is 202 g/mol. The van der Waals surface area contributed by atoms with Crippen LogP contribution in [0.2, 0.25) is 0 Å². The normalized spacial score (nSPS) is 10.6. The molecule has 2 rings (SSSR count). The molecule has 3 nitrogen and oxygen atoms in total. The summed E-state index contributed by atoms with van der Waals surface area (Å²) < 4.78 is 5.28. The number of anilines is 1. The second-order valence-electron chi connectivity index (χ2n) is 3.70. The van der Waals surface area contributed by atoms with Crippen LogP contribution in [0, 0.1) is 13.8 Å². The topological polar surface area (TPSA) is 48.1 Å². The van der Waals surface area contributed by atoms with E-state index >= 15 is 0 Å². The van der Waals surface area contributed by atoms with E-state index in [-0.39, 0.29) is 0 Å². The molecule has 3 heteroatoms. The molecule has 78 valence electrons. The summed E-state index contributed by atoms with van der Waals surface area (Å²) in [7, 11) is 1.64. The lowest BCUT2D eigenvalue weighted by molar-refractivity contribution is 0.419. The molecule has 15 heavy (non-hydrogen) atoms. The number of hydrogen-bond acceptors (Lipinski definition) is 3. The number of pyridine rings is 1. The molecule has 0 radical (unpaired) electrons. The number of rotatable bonds is 1. The van der Waals surface area contributed by atoms with Crippen molar-refractivity contribution in [1.82, 2.24) is 4.98 Å². The van der Waals surface area contributed by atoms with Crippen LogP contribution >= 0.6 is 0 Å². The quantitative estimate of drug-likeness (QED) is 0.772. The summed E-state index contributed by atoms with van der Waals surface area (Å²) in [5.74, 6) is 1.27. The molecule has 0 spiro atoms. The Balaban J connectivity index is 2.84. The van der Waals surface area contributed by atoms with Gasteiger partial charge < -0.3 is 10.5 Å². The van der Waals surface area contributed by atoms with Crippen molar-refractivity contribution in [3.05, 3.63) is 29.3 Å². The first kappa shape index (κ1) is 9.77. The minimum Gasteiger partial charge on any atom is -0.496 e. The van der Waals surface area contributed by atoms with E-state index in [2.05, 4.69) is 24.9 Å². The van der Waals surface area contributed by atoms with Crippen LogP contribution in [0.15, 0.2) is 18.2 Å². The van der Waals surface area contributed by atoms with Crippen LogP contribution in [0.25, 0.3) is 10.9 Å². The Morgan fingerprint density at radius 2 is 1.80 bits per heavy atom. The molecule has 1 aromatic heterocycles. The lowest BCUT2D eigenvalue weighted by Gasteiger charge is -2.08. The van der Waals surface area contributed by atoms with Gasteiger partial charge >= 0.3 is 0 Å². The van der Waals surface area contributed by atoms with Gasteiger partial charge in [0.15, 0.2) is 0 Å². The van der Waals surface area contributed by atoms with Gasteiger partial charge in [0.05, 0.1) is 12.6 Å². The zero-order valence-corrected chi connectivity index (χ0v) is 9.16. The number of hydrogen-bond donors (Lipinski definition) is 1. The van der Waals surface area contributed by atoms with Crippen molar-refractivity contribution >= 4 is 16.7 Å². The number of fused-ring (bicyclic) bond motifs is 1. The van der Waals surface area contributed by atoms with Crippen molar-refractivity contribution in [2.75, 3.05) is 12.8 Å². The van der Waals surface area contributed by atoms with Gasteiger partial charge in [-0.2, -0.15) is 0 Å². The van der Waals surface area contributed by atoms with Gasteiger partial charge in [-0.1, -0.05) is 0 Å². The van der Waals surface area contributed by atoms with Gasteiger partial charge in [0.25, 0.3) is 0 Å². The molecule has 0 saturated carbocycles. The predicted octanol–water partition coefficient (Wildman–Crippen LogP) is 2.44. The fourth-order valence-corrected chi connectivity index (χ4v) is 1.64. The highest BCUT2D eigenvalue weighted by Crippen LogP contribution is 2.28. The Kier molecular flexibility index (Phi) is 2.23. The first-order valence-corrected chi connectivity index (χ1v) is 4.83. The zero-order chi connectivity index (χ0) is 11.0. The summed E-state index contributed by atoms with van der Waals surface area (Å²) in [4.78, 5) is 4.28. The van der Waals surface area contributed by atoms with E-state index in [9.17, 15) is 0 Å². The van der Waals surface area contributed by atoms with Gasteiger partial charge in [-0.3, -0.25) is 0 Å². The van der Waals surface area contributed by atoms with E-state index < -0.39 is 0 Å². The molecule has 2 N–H and O–H groups in total. The molecule has 0 unspecified atom stereocenters. The molecule has 0 bridgehead atoms. The van der Waals surface area contributed by atoms with Crippen LogP contribution in [0.4, 0.5) is 5.82 Å². The fraction of sp³-hybridized carbons (Fsp3) is 0.250. The smallest absolute Gasteiger partial charge is 0.131 e. The highest BCUT2D eigenvalue weighted by Gasteiger charge is 2.06. The second-order valence-corrected chi connectivity index (χ2v) is 3.70. The van der Waals surface area contributed by atoms with E-state index in [0.29, 0.717) is 5.82 Å². The molecule has 0 fully saturated rings. The SMILES string of the molecule is COc1cc(N)nc2cc(C)c(C)cc12. The summed E-state index contributed by atoms with van der Waals surface area (Å²) in [6.07, 6.45) is 0. The van der Waals surface area contributed by atoms with Gasteiger partial charge in [-0.15, -0.1) is 0 Å². The van der Waals surface area contributed by atoms with Crippen LogP contribution in [0.1, 0.15) is 11.1 Å². The molecule has 1 heterocycles. The molecule has 0 aliphatic carbocycles. The lowest BCUT2D eigenvalue weighted by Crippen LogP contribution is -1.95. The van der Waals surface area contributed by atoms with Crippen LogP contribution < -0.4 is 10.5 Å². The van der Waals surface area contributed by atoms with Gasteiger partial charge in [0.2, 0.25) is 0 Å². The molecule has 0 atom stereocenters. The van der Waals surface area contributed by atoms with Crippen molar-refractivity contribution in [2.45, 2.75) is 13.8 Å². The maximum absolute atomic E-state index is 5.70. The van der Waals surface area contributed by atoms with Gasteiger partial charge in [0.1, 0.15) is 11.6 Å². The summed E-state index contributed by atoms with van der Waals surface area (Å²) >= 11 is 0. The summed E-state index contributed by atoms with van der Waals surface area (Å²) in [6, 6.07) is 5.86. The standard InChI is InChI=1S/C12H14N2O/c1-7-4-9-10(5-8(7)2)14-12(13)6-11(9)15-3/h4-6H,1-3H3,(H2,13,14). The zero-order valence-electron chi connectivity index (χ0n) is 9.16. The van der Waals surface area contributed by atoms with Gasteiger partial charge in [-0.05, 0) is 37.1 Å². The fourth-order valence-electron chi connectivity index (χ4n) is 1.64. The first-order chi connectivity index (χ1) is 7.11. The molecule has 0 aliphatic heterocycles. The molecule has 2 aromatic rings. The number of aromatic nitrogens is 1. The molecule has 0 saturated heterocycles. The van der Waals surface area contributed by atoms with E-state index in [1.54, 1.807) is 13.2 Å². The van der Waals surface area contributed by atoms with Crippen molar-refractivity contribution in [3.63, 3.8) is 0 Å². The van der Waals surface area contributed by atoms with Crippen molar-refractivity contribution < 1.29 is 4.74 Å². The lowest BCUT2D eigenvalue weighted by atomic mass is 10.1. The predicted molar refractivity (Wildman–Crippen MR) is 62.2 cm³/mol. The first-order valence-electron chi connectivity index (χ1n) is 4.83. The highest BCUT2D eigenvalue weighted by molar-refractivity contribution is 5.88. The third-order valence-corrected chi connectivity index (χ3v) is 2.63. The highest BCUT2D eigenvalue weighted by atomic mass is 16.5. The molecule has 0 aliphatic rings. The van der Waals surface area contributed by atoms with Crippen LogP contribution in [-0.4, -0.2) is 12.1 Å². The Labute approximate surface area is 88.9 Å². The Morgan fingerprint density at radius 3 is 2.47 bits per heavy atom.